The van der Waals surface area contributed by atoms with Crippen molar-refractivity contribution in [1.82, 2.24) is 0 Å². The zero-order valence-electron chi connectivity index (χ0n) is 8.68. The Balaban J connectivity index is 2.26. The third-order valence-corrected chi connectivity index (χ3v) is 1.67. The van der Waals surface area contributed by atoms with Crippen molar-refractivity contribution in [3.8, 4) is 0 Å². The van der Waals surface area contributed by atoms with E-state index in [0.29, 0.717) is 6.61 Å². The van der Waals surface area contributed by atoms with Crippen molar-refractivity contribution in [2.24, 2.45) is 0 Å². The first kappa shape index (κ1) is 11.3. The number of benzene rings is 1. The molecule has 0 radical (unpaired) electrons. The highest BCUT2D eigenvalue weighted by molar-refractivity contribution is 5.60. The van der Waals surface area contributed by atoms with Gasteiger partial charge < -0.3 is 9.47 Å². The first-order valence-corrected chi connectivity index (χ1v) is 4.84. The fourth-order valence-corrected chi connectivity index (χ4v) is 1.02. The number of hydrogen-bond donors (Lipinski definition) is 0. The Morgan fingerprint density at radius 2 is 2.00 bits per heavy atom. The van der Waals surface area contributed by atoms with Gasteiger partial charge in [0.2, 0.25) is 0 Å². The Labute approximate surface area is 89.3 Å². The molecule has 0 aliphatic heterocycles. The van der Waals surface area contributed by atoms with Crippen molar-refractivity contribution < 1.29 is 14.3 Å². The molecule has 0 heterocycles. The zero-order chi connectivity index (χ0) is 10.9. The van der Waals surface area contributed by atoms with Crippen LogP contribution in [0.15, 0.2) is 36.4 Å². The summed E-state index contributed by atoms with van der Waals surface area (Å²) in [4.78, 5) is 10.8. The second-order valence-corrected chi connectivity index (χ2v) is 2.81. The van der Waals surface area contributed by atoms with Crippen molar-refractivity contribution in [2.45, 2.75) is 6.92 Å². The maximum absolute atomic E-state index is 10.8. The maximum Gasteiger partial charge on any atom is 0.508 e. The Bertz CT molecular complexity index is 317. The van der Waals surface area contributed by atoms with E-state index >= 15 is 0 Å². The zero-order valence-corrected chi connectivity index (χ0v) is 8.68. The highest BCUT2D eigenvalue weighted by Crippen LogP contribution is 2.00. The fourth-order valence-electron chi connectivity index (χ4n) is 1.02. The van der Waals surface area contributed by atoms with Crippen molar-refractivity contribution >= 4 is 12.2 Å². The third-order valence-electron chi connectivity index (χ3n) is 1.67. The summed E-state index contributed by atoms with van der Waals surface area (Å²) in [5, 5.41) is 0. The Hall–Kier alpha value is -1.77. The van der Waals surface area contributed by atoms with Gasteiger partial charge >= 0.3 is 6.16 Å². The summed E-state index contributed by atoms with van der Waals surface area (Å²) in [6.07, 6.45) is 3.03. The van der Waals surface area contributed by atoms with E-state index in [2.05, 4.69) is 4.74 Å². The predicted octanol–water partition coefficient (Wildman–Crippen LogP) is 2.87. The van der Waals surface area contributed by atoms with Crippen LogP contribution in [0.4, 0.5) is 4.79 Å². The highest BCUT2D eigenvalue weighted by Gasteiger charge is 1.97. The van der Waals surface area contributed by atoms with Crippen molar-refractivity contribution in [3.63, 3.8) is 0 Å². The summed E-state index contributed by atoms with van der Waals surface area (Å²) >= 11 is 0. The van der Waals surface area contributed by atoms with Gasteiger partial charge in [0.25, 0.3) is 0 Å². The van der Waals surface area contributed by atoms with Crippen molar-refractivity contribution in [2.75, 3.05) is 13.2 Å². The minimum Gasteiger partial charge on any atom is -0.435 e. The average molecular weight is 206 g/mol. The first-order chi connectivity index (χ1) is 7.33. The molecule has 0 saturated heterocycles. The van der Waals surface area contributed by atoms with Gasteiger partial charge in [0.1, 0.15) is 6.61 Å². The summed E-state index contributed by atoms with van der Waals surface area (Å²) in [6, 6.07) is 9.80. The molecule has 0 fully saturated rings. The normalized spacial score (nSPS) is 10.2. The van der Waals surface area contributed by atoms with Crippen LogP contribution >= 0.6 is 0 Å². The number of hydrogen-bond acceptors (Lipinski definition) is 3. The summed E-state index contributed by atoms with van der Waals surface area (Å²) in [7, 11) is 0. The van der Waals surface area contributed by atoms with Crippen LogP contribution in [0.3, 0.4) is 0 Å². The monoisotopic (exact) mass is 206 g/mol. The van der Waals surface area contributed by atoms with Gasteiger partial charge in [-0.15, -0.1) is 0 Å². The first-order valence-electron chi connectivity index (χ1n) is 4.84. The molecule has 80 valence electrons. The van der Waals surface area contributed by atoms with Crippen molar-refractivity contribution in [1.29, 1.82) is 0 Å². The van der Waals surface area contributed by atoms with E-state index in [1.165, 1.54) is 0 Å². The third kappa shape index (κ3) is 4.86. The van der Waals surface area contributed by atoms with E-state index in [1.807, 2.05) is 36.4 Å². The molecule has 1 aromatic rings. The Morgan fingerprint density at radius 3 is 2.67 bits per heavy atom. The molecule has 0 aromatic heterocycles. The molecule has 0 atom stereocenters. The van der Waals surface area contributed by atoms with Crippen LogP contribution in [0.2, 0.25) is 0 Å². The van der Waals surface area contributed by atoms with Crippen LogP contribution in [0.1, 0.15) is 12.5 Å². The van der Waals surface area contributed by atoms with E-state index < -0.39 is 6.16 Å². The molecule has 15 heavy (non-hydrogen) atoms. The van der Waals surface area contributed by atoms with E-state index in [9.17, 15) is 4.79 Å². The Kier molecular flexibility index (Phi) is 5.01. The van der Waals surface area contributed by atoms with Crippen LogP contribution in [0.5, 0.6) is 0 Å². The standard InChI is InChI=1S/C12H14O3/c1-2-14-12(13)15-10-6-9-11-7-4-3-5-8-11/h3-9H,2,10H2,1H3/b9-6-. The SMILES string of the molecule is CCOC(=O)OC/C=C\c1ccccc1. The van der Waals surface area contributed by atoms with Gasteiger partial charge in [0.15, 0.2) is 0 Å². The van der Waals surface area contributed by atoms with E-state index in [4.69, 9.17) is 4.74 Å². The number of rotatable bonds is 4. The molecule has 0 aliphatic carbocycles. The minimum absolute atomic E-state index is 0.230. The van der Waals surface area contributed by atoms with Gasteiger partial charge in [0.05, 0.1) is 6.61 Å². The van der Waals surface area contributed by atoms with Crippen molar-refractivity contribution in [3.05, 3.63) is 42.0 Å². The second-order valence-electron chi connectivity index (χ2n) is 2.81. The molecule has 0 amide bonds. The van der Waals surface area contributed by atoms with Crippen LogP contribution < -0.4 is 0 Å². The molecule has 0 unspecified atom stereocenters. The van der Waals surface area contributed by atoms with Gasteiger partial charge in [-0.3, -0.25) is 0 Å². The number of carbonyl (C=O) groups excluding carboxylic acids is 1. The Morgan fingerprint density at radius 1 is 1.27 bits per heavy atom. The summed E-state index contributed by atoms with van der Waals surface area (Å²) in [5.41, 5.74) is 1.07. The summed E-state index contributed by atoms with van der Waals surface area (Å²) < 4.78 is 9.36. The molecule has 0 N–H and O–H groups in total. The molecular formula is C12H14O3. The van der Waals surface area contributed by atoms with Crippen LogP contribution in [-0.2, 0) is 9.47 Å². The quantitative estimate of drug-likeness (QED) is 0.710. The van der Waals surface area contributed by atoms with Gasteiger partial charge in [-0.1, -0.05) is 36.4 Å². The lowest BCUT2D eigenvalue weighted by Crippen LogP contribution is -2.06. The van der Waals surface area contributed by atoms with E-state index in [0.717, 1.165) is 5.56 Å². The lowest BCUT2D eigenvalue weighted by atomic mass is 10.2. The molecular weight excluding hydrogens is 192 g/mol. The second kappa shape index (κ2) is 6.65. The molecule has 1 rings (SSSR count). The highest BCUT2D eigenvalue weighted by atomic mass is 16.7. The van der Waals surface area contributed by atoms with Crippen LogP contribution in [-0.4, -0.2) is 19.4 Å². The summed E-state index contributed by atoms with van der Waals surface area (Å²) in [5.74, 6) is 0. The topological polar surface area (TPSA) is 35.5 Å². The van der Waals surface area contributed by atoms with Gasteiger partial charge in [-0.05, 0) is 18.6 Å². The lowest BCUT2D eigenvalue weighted by molar-refractivity contribution is 0.0674. The summed E-state index contributed by atoms with van der Waals surface area (Å²) in [6.45, 7) is 2.30. The van der Waals surface area contributed by atoms with Crippen LogP contribution in [0.25, 0.3) is 6.08 Å². The molecule has 0 aliphatic rings. The lowest BCUT2D eigenvalue weighted by Gasteiger charge is -2.00. The molecule has 3 nitrogen and oxygen atoms in total. The van der Waals surface area contributed by atoms with E-state index in [-0.39, 0.29) is 6.61 Å². The predicted molar refractivity (Wildman–Crippen MR) is 58.5 cm³/mol. The smallest absolute Gasteiger partial charge is 0.435 e. The van der Waals surface area contributed by atoms with Gasteiger partial charge in [-0.25, -0.2) is 4.79 Å². The average Bonchev–Trinajstić information content (AvgIpc) is 2.26. The molecule has 3 heteroatoms. The van der Waals surface area contributed by atoms with Gasteiger partial charge in [-0.2, -0.15) is 0 Å². The number of ether oxygens (including phenoxy) is 2. The minimum atomic E-state index is -0.629. The largest absolute Gasteiger partial charge is 0.508 e. The molecule has 0 spiro atoms. The molecule has 0 saturated carbocycles. The fraction of sp³-hybridized carbons (Fsp3) is 0.250. The van der Waals surface area contributed by atoms with Crippen LogP contribution in [0, 0.1) is 0 Å². The van der Waals surface area contributed by atoms with E-state index in [1.54, 1.807) is 13.0 Å². The molecule has 0 bridgehead atoms. The molecule has 1 aromatic carbocycles. The number of carbonyl (C=O) groups is 1. The van der Waals surface area contributed by atoms with Gasteiger partial charge in [0, 0.05) is 0 Å². The maximum atomic E-state index is 10.8.